The van der Waals surface area contributed by atoms with Gasteiger partial charge in [-0.3, -0.25) is 14.2 Å². The van der Waals surface area contributed by atoms with E-state index in [0.717, 1.165) is 37.0 Å². The van der Waals surface area contributed by atoms with Gasteiger partial charge in [0, 0.05) is 32.1 Å². The van der Waals surface area contributed by atoms with E-state index in [1.165, 1.54) is 0 Å². The summed E-state index contributed by atoms with van der Waals surface area (Å²) < 4.78 is 1.86. The highest BCUT2D eigenvalue weighted by atomic mass is 16.2. The van der Waals surface area contributed by atoms with Gasteiger partial charge in [0.2, 0.25) is 5.91 Å². The van der Waals surface area contributed by atoms with Gasteiger partial charge in [-0.15, -0.1) is 0 Å². The van der Waals surface area contributed by atoms with Gasteiger partial charge in [0.15, 0.2) is 0 Å². The Kier molecular flexibility index (Phi) is 5.67. The molecule has 4 N–H and O–H groups in total. The lowest BCUT2D eigenvalue weighted by Gasteiger charge is -2.32. The number of carbonyl (C=O) groups excluding carboxylic acids is 2. The van der Waals surface area contributed by atoms with E-state index in [1.807, 2.05) is 28.8 Å². The molecule has 8 nitrogen and oxygen atoms in total. The average Bonchev–Trinajstić information content (AvgIpc) is 3.08. The number of primary amides is 1. The molecule has 1 saturated heterocycles. The highest BCUT2D eigenvalue weighted by Gasteiger charge is 2.23. The predicted molar refractivity (Wildman–Crippen MR) is 115 cm³/mol. The average molecular weight is 407 g/mol. The minimum Gasteiger partial charge on any atom is -0.366 e. The fourth-order valence-electron chi connectivity index (χ4n) is 4.12. The molecule has 0 aliphatic carbocycles. The Morgan fingerprint density at radius 3 is 2.53 bits per heavy atom. The lowest BCUT2D eigenvalue weighted by Crippen LogP contribution is -2.38. The normalized spacial score (nSPS) is 15.3. The quantitative estimate of drug-likeness (QED) is 0.581. The summed E-state index contributed by atoms with van der Waals surface area (Å²) in [6.45, 7) is 2.27. The molecule has 4 rings (SSSR count). The van der Waals surface area contributed by atoms with Crippen LogP contribution < -0.4 is 16.7 Å². The molecule has 0 saturated carbocycles. The van der Waals surface area contributed by atoms with Crippen molar-refractivity contribution in [1.29, 1.82) is 0 Å². The van der Waals surface area contributed by atoms with Crippen molar-refractivity contribution in [3.05, 3.63) is 64.6 Å². The number of fused-ring (bicyclic) bond motifs is 1. The molecule has 156 valence electrons. The van der Waals surface area contributed by atoms with Crippen LogP contribution in [-0.4, -0.2) is 45.9 Å². The van der Waals surface area contributed by atoms with E-state index in [2.05, 4.69) is 15.2 Å². The molecule has 1 aliphatic rings. The zero-order valence-corrected chi connectivity index (χ0v) is 16.6. The zero-order chi connectivity index (χ0) is 21.1. The smallest absolute Gasteiger partial charge is 0.326 e. The molecular formula is C22H25N5O3. The number of aromatic amines is 1. The summed E-state index contributed by atoms with van der Waals surface area (Å²) in [5.74, 6) is -0.723. The Balaban J connectivity index is 1.31. The minimum atomic E-state index is -0.569. The van der Waals surface area contributed by atoms with Crippen LogP contribution in [0.3, 0.4) is 0 Å². The van der Waals surface area contributed by atoms with Crippen LogP contribution in [0.5, 0.6) is 0 Å². The third-order valence-corrected chi connectivity index (χ3v) is 5.67. The molecule has 3 aromatic rings. The van der Waals surface area contributed by atoms with Gasteiger partial charge in [0.05, 0.1) is 22.3 Å². The summed E-state index contributed by atoms with van der Waals surface area (Å²) in [5.41, 5.74) is 7.82. The number of hydrogen-bond donors (Lipinski definition) is 3. The number of anilines is 1. The number of nitrogens with one attached hydrogen (secondary N) is 2. The molecule has 0 spiro atoms. The molecule has 0 unspecified atom stereocenters. The van der Waals surface area contributed by atoms with Crippen molar-refractivity contribution in [3.63, 3.8) is 0 Å². The molecular weight excluding hydrogens is 382 g/mol. The number of benzene rings is 2. The number of imidazole rings is 1. The predicted octanol–water partition coefficient (Wildman–Crippen LogP) is 2.09. The highest BCUT2D eigenvalue weighted by molar-refractivity contribution is 6.02. The number of H-pyrrole nitrogens is 1. The third kappa shape index (κ3) is 4.13. The number of nitrogens with zero attached hydrogens (tertiary/aromatic N) is 2. The topological polar surface area (TPSA) is 113 Å². The maximum absolute atomic E-state index is 12.4. The minimum absolute atomic E-state index is 0.0675. The summed E-state index contributed by atoms with van der Waals surface area (Å²) in [7, 11) is 0. The van der Waals surface area contributed by atoms with Gasteiger partial charge in [-0.1, -0.05) is 24.3 Å². The molecule has 0 bridgehead atoms. The monoisotopic (exact) mass is 407 g/mol. The molecule has 2 heterocycles. The first-order valence-corrected chi connectivity index (χ1v) is 10.1. The van der Waals surface area contributed by atoms with Crippen LogP contribution in [0, 0.1) is 0 Å². The lowest BCUT2D eigenvalue weighted by atomic mass is 10.0. The number of hydrogen-bond acceptors (Lipinski definition) is 4. The Labute approximate surface area is 173 Å². The fourth-order valence-corrected chi connectivity index (χ4v) is 4.12. The second kappa shape index (κ2) is 8.54. The van der Waals surface area contributed by atoms with Crippen LogP contribution in [0.1, 0.15) is 35.7 Å². The Bertz CT molecular complexity index is 1130. The third-order valence-electron chi connectivity index (χ3n) is 5.67. The number of rotatable bonds is 6. The van der Waals surface area contributed by atoms with Gasteiger partial charge in [-0.05, 0) is 37.1 Å². The van der Waals surface area contributed by atoms with Crippen LogP contribution in [0.4, 0.5) is 5.69 Å². The van der Waals surface area contributed by atoms with E-state index >= 15 is 0 Å². The van der Waals surface area contributed by atoms with Gasteiger partial charge in [-0.25, -0.2) is 4.79 Å². The molecule has 30 heavy (non-hydrogen) atoms. The van der Waals surface area contributed by atoms with Crippen LogP contribution in [0.2, 0.25) is 0 Å². The van der Waals surface area contributed by atoms with Crippen molar-refractivity contribution < 1.29 is 9.59 Å². The molecule has 2 amide bonds. The van der Waals surface area contributed by atoms with Crippen LogP contribution in [-0.2, 0) is 4.79 Å². The van der Waals surface area contributed by atoms with Crippen LogP contribution in [0.15, 0.2) is 53.3 Å². The van der Waals surface area contributed by atoms with Gasteiger partial charge >= 0.3 is 5.69 Å². The number of aromatic nitrogens is 2. The standard InChI is InChI=1S/C22H25N5O3/c23-21(29)16-5-1-2-6-17(16)24-20(28)11-14-26-12-9-15(10-13-26)27-19-8-4-3-7-18(19)25-22(27)30/h1-8,15H,9-14H2,(H2,23,29)(H,24,28)(H,25,30). The van der Waals surface area contributed by atoms with E-state index in [1.54, 1.807) is 24.3 Å². The first-order valence-electron chi connectivity index (χ1n) is 10.1. The number of para-hydroxylation sites is 3. The van der Waals surface area contributed by atoms with Crippen molar-refractivity contribution in [1.82, 2.24) is 14.5 Å². The van der Waals surface area contributed by atoms with E-state index in [4.69, 9.17) is 5.73 Å². The van der Waals surface area contributed by atoms with Crippen molar-refractivity contribution in [3.8, 4) is 0 Å². The van der Waals surface area contributed by atoms with Crippen molar-refractivity contribution in [2.75, 3.05) is 25.0 Å². The Hall–Kier alpha value is -3.39. The van der Waals surface area contributed by atoms with Crippen molar-refractivity contribution in [2.45, 2.75) is 25.3 Å². The number of nitrogens with two attached hydrogens (primary N) is 1. The lowest BCUT2D eigenvalue weighted by molar-refractivity contribution is -0.116. The van der Waals surface area contributed by atoms with E-state index < -0.39 is 5.91 Å². The second-order valence-electron chi connectivity index (χ2n) is 7.60. The number of carbonyl (C=O) groups is 2. The molecule has 1 fully saturated rings. The van der Waals surface area contributed by atoms with Crippen LogP contribution >= 0.6 is 0 Å². The molecule has 1 aliphatic heterocycles. The number of amides is 2. The SMILES string of the molecule is NC(=O)c1ccccc1NC(=O)CCN1CCC(n2c(=O)[nH]c3ccccc32)CC1. The summed E-state index contributed by atoms with van der Waals surface area (Å²) in [6, 6.07) is 14.6. The van der Waals surface area contributed by atoms with Gasteiger partial charge < -0.3 is 20.9 Å². The Morgan fingerprint density at radius 1 is 1.07 bits per heavy atom. The molecule has 1 aromatic heterocycles. The van der Waals surface area contributed by atoms with Crippen molar-refractivity contribution in [2.24, 2.45) is 5.73 Å². The van der Waals surface area contributed by atoms with Gasteiger partial charge in [0.25, 0.3) is 5.91 Å². The van der Waals surface area contributed by atoms with E-state index in [-0.39, 0.29) is 17.6 Å². The molecule has 0 atom stereocenters. The maximum atomic E-state index is 12.4. The fraction of sp³-hybridized carbons (Fsp3) is 0.318. The van der Waals surface area contributed by atoms with E-state index in [0.29, 0.717) is 24.2 Å². The molecule has 8 heteroatoms. The zero-order valence-electron chi connectivity index (χ0n) is 16.6. The summed E-state index contributed by atoms with van der Waals surface area (Å²) in [5, 5.41) is 2.77. The van der Waals surface area contributed by atoms with Crippen molar-refractivity contribution >= 4 is 28.5 Å². The largest absolute Gasteiger partial charge is 0.366 e. The Morgan fingerprint density at radius 2 is 1.77 bits per heavy atom. The van der Waals surface area contributed by atoms with Crippen LogP contribution in [0.25, 0.3) is 11.0 Å². The highest BCUT2D eigenvalue weighted by Crippen LogP contribution is 2.25. The van der Waals surface area contributed by atoms with E-state index in [9.17, 15) is 14.4 Å². The summed E-state index contributed by atoms with van der Waals surface area (Å²) in [4.78, 5) is 41.4. The molecule has 0 radical (unpaired) electrons. The second-order valence-corrected chi connectivity index (χ2v) is 7.60. The first kappa shape index (κ1) is 19.9. The first-order chi connectivity index (χ1) is 14.5. The number of likely N-dealkylation sites (tertiary alicyclic amines) is 1. The summed E-state index contributed by atoms with van der Waals surface area (Å²) in [6.07, 6.45) is 2.03. The number of piperidine rings is 1. The maximum Gasteiger partial charge on any atom is 0.326 e. The molecule has 2 aromatic carbocycles. The van der Waals surface area contributed by atoms with Gasteiger partial charge in [-0.2, -0.15) is 0 Å². The van der Waals surface area contributed by atoms with Gasteiger partial charge in [0.1, 0.15) is 0 Å². The summed E-state index contributed by atoms with van der Waals surface area (Å²) >= 11 is 0.